The summed E-state index contributed by atoms with van der Waals surface area (Å²) in [5.41, 5.74) is 0. The van der Waals surface area contributed by atoms with E-state index in [0.29, 0.717) is 6.61 Å². The molecular weight excluding hydrogens is 166 g/mol. The van der Waals surface area contributed by atoms with Crippen LogP contribution < -0.4 is 5.32 Å². The van der Waals surface area contributed by atoms with Crippen molar-refractivity contribution in [3.05, 3.63) is 0 Å². The Kier molecular flexibility index (Phi) is 32.4. The fourth-order valence-corrected chi connectivity index (χ4v) is 0.624. The molecule has 0 saturated heterocycles. The van der Waals surface area contributed by atoms with Gasteiger partial charge in [0.25, 0.3) is 0 Å². The van der Waals surface area contributed by atoms with Crippen LogP contribution in [0, 0.1) is 0 Å². The van der Waals surface area contributed by atoms with Crippen LogP contribution in [0.15, 0.2) is 0 Å². The van der Waals surface area contributed by atoms with Gasteiger partial charge in [0.1, 0.15) is 0 Å². The van der Waals surface area contributed by atoms with E-state index in [-0.39, 0.29) is 6.10 Å². The molecular formula is C10H27NO2. The Labute approximate surface area is 83.8 Å². The maximum Gasteiger partial charge on any atom is 0.0928 e. The van der Waals surface area contributed by atoms with Gasteiger partial charge in [-0.15, -0.1) is 0 Å². The lowest BCUT2D eigenvalue weighted by Crippen LogP contribution is -2.29. The second-order valence-electron chi connectivity index (χ2n) is 1.87. The van der Waals surface area contributed by atoms with Crippen molar-refractivity contribution in [1.82, 2.24) is 5.32 Å². The van der Waals surface area contributed by atoms with Gasteiger partial charge in [0, 0.05) is 20.8 Å². The van der Waals surface area contributed by atoms with E-state index in [1.807, 2.05) is 34.7 Å². The molecule has 0 amide bonds. The molecule has 0 aromatic heterocycles. The number of likely N-dealkylation sites (N-methyl/N-ethyl adjacent to an activating group) is 1. The first-order valence-corrected chi connectivity index (χ1v) is 5.01. The number of nitrogens with one attached hydrogen (secondary N) is 1. The van der Waals surface area contributed by atoms with E-state index in [1.54, 1.807) is 14.2 Å². The van der Waals surface area contributed by atoms with E-state index in [1.165, 1.54) is 0 Å². The Morgan fingerprint density at radius 2 is 1.54 bits per heavy atom. The van der Waals surface area contributed by atoms with Gasteiger partial charge in [0.2, 0.25) is 0 Å². The summed E-state index contributed by atoms with van der Waals surface area (Å²) < 4.78 is 9.93. The number of hydrogen-bond acceptors (Lipinski definition) is 3. The third-order valence-corrected chi connectivity index (χ3v) is 1.12. The summed E-state index contributed by atoms with van der Waals surface area (Å²) in [4.78, 5) is 0. The highest BCUT2D eigenvalue weighted by molar-refractivity contribution is 4.56. The summed E-state index contributed by atoms with van der Waals surface area (Å²) in [6.45, 7) is 9.49. The molecule has 0 aromatic carbocycles. The maximum atomic E-state index is 5.04. The predicted octanol–water partition coefficient (Wildman–Crippen LogP) is 1.92. The molecule has 0 aliphatic heterocycles. The van der Waals surface area contributed by atoms with Gasteiger partial charge in [-0.3, -0.25) is 0 Å². The molecule has 1 N–H and O–H groups in total. The Morgan fingerprint density at radius 3 is 1.77 bits per heavy atom. The van der Waals surface area contributed by atoms with Gasteiger partial charge in [0.15, 0.2) is 0 Å². The normalized spacial score (nSPS) is 10.4. The molecule has 3 heteroatoms. The minimum absolute atomic E-state index is 0.181. The van der Waals surface area contributed by atoms with E-state index in [4.69, 9.17) is 9.47 Å². The molecule has 0 spiro atoms. The largest absolute Gasteiger partial charge is 0.382 e. The number of ether oxygens (including phenoxy) is 2. The summed E-state index contributed by atoms with van der Waals surface area (Å²) in [5.74, 6) is 0. The van der Waals surface area contributed by atoms with Crippen molar-refractivity contribution in [2.24, 2.45) is 0 Å². The average Bonchev–Trinajstić information content (AvgIpc) is 2.23. The lowest BCUT2D eigenvalue weighted by atomic mass is 10.4. The molecule has 0 aromatic rings. The standard InChI is InChI=1S/C6H15NO2.2C2H6/c1-7-4-6(9-3)5-8-2;2*1-2/h6-7H,4-5H2,1-3H3;2*1-2H3. The fraction of sp³-hybridized carbons (Fsp3) is 1.00. The molecule has 1 atom stereocenters. The smallest absolute Gasteiger partial charge is 0.0928 e. The summed E-state index contributed by atoms with van der Waals surface area (Å²) >= 11 is 0. The summed E-state index contributed by atoms with van der Waals surface area (Å²) in [6.07, 6.45) is 0.181. The average molecular weight is 193 g/mol. The van der Waals surface area contributed by atoms with Crippen molar-refractivity contribution in [3.8, 4) is 0 Å². The highest BCUT2D eigenvalue weighted by atomic mass is 16.5. The van der Waals surface area contributed by atoms with Crippen molar-refractivity contribution in [3.63, 3.8) is 0 Å². The molecule has 0 radical (unpaired) electrons. The second-order valence-corrected chi connectivity index (χ2v) is 1.87. The molecule has 84 valence electrons. The van der Waals surface area contributed by atoms with Gasteiger partial charge in [0.05, 0.1) is 12.7 Å². The van der Waals surface area contributed by atoms with Crippen LogP contribution in [0.5, 0.6) is 0 Å². The number of methoxy groups -OCH3 is 2. The quantitative estimate of drug-likeness (QED) is 0.723. The zero-order valence-electron chi connectivity index (χ0n) is 10.3. The predicted molar refractivity (Wildman–Crippen MR) is 59.3 cm³/mol. The van der Waals surface area contributed by atoms with Crippen LogP contribution in [0.3, 0.4) is 0 Å². The van der Waals surface area contributed by atoms with Crippen molar-refractivity contribution in [2.75, 3.05) is 34.4 Å². The molecule has 1 unspecified atom stereocenters. The van der Waals surface area contributed by atoms with Crippen LogP contribution in [0.1, 0.15) is 27.7 Å². The Hall–Kier alpha value is -0.120. The first-order valence-electron chi connectivity index (χ1n) is 5.01. The summed E-state index contributed by atoms with van der Waals surface area (Å²) in [7, 11) is 5.24. The van der Waals surface area contributed by atoms with E-state index < -0.39 is 0 Å². The van der Waals surface area contributed by atoms with Gasteiger partial charge >= 0.3 is 0 Å². The molecule has 0 rings (SSSR count). The van der Waals surface area contributed by atoms with Crippen molar-refractivity contribution < 1.29 is 9.47 Å². The minimum Gasteiger partial charge on any atom is -0.382 e. The van der Waals surface area contributed by atoms with Crippen molar-refractivity contribution in [1.29, 1.82) is 0 Å². The Balaban J connectivity index is -0.000000218. The van der Waals surface area contributed by atoms with Crippen LogP contribution in [-0.4, -0.2) is 40.5 Å². The molecule has 3 nitrogen and oxygen atoms in total. The third-order valence-electron chi connectivity index (χ3n) is 1.12. The van der Waals surface area contributed by atoms with Gasteiger partial charge in [-0.25, -0.2) is 0 Å². The van der Waals surface area contributed by atoms with Gasteiger partial charge < -0.3 is 14.8 Å². The maximum absolute atomic E-state index is 5.04. The zero-order chi connectivity index (χ0) is 11.1. The van der Waals surface area contributed by atoms with Gasteiger partial charge in [-0.05, 0) is 7.05 Å². The van der Waals surface area contributed by atoms with Gasteiger partial charge in [-0.2, -0.15) is 0 Å². The van der Waals surface area contributed by atoms with E-state index in [2.05, 4.69) is 5.32 Å². The first-order chi connectivity index (χ1) is 6.35. The van der Waals surface area contributed by atoms with Crippen molar-refractivity contribution in [2.45, 2.75) is 33.8 Å². The highest BCUT2D eigenvalue weighted by Crippen LogP contribution is 1.86. The van der Waals surface area contributed by atoms with E-state index in [9.17, 15) is 0 Å². The third kappa shape index (κ3) is 18.7. The lowest BCUT2D eigenvalue weighted by molar-refractivity contribution is 0.0300. The summed E-state index contributed by atoms with van der Waals surface area (Å²) in [6, 6.07) is 0. The molecule has 0 fully saturated rings. The highest BCUT2D eigenvalue weighted by Gasteiger charge is 2.02. The first kappa shape index (κ1) is 18.6. The van der Waals surface area contributed by atoms with Crippen LogP contribution in [0.4, 0.5) is 0 Å². The number of hydrogen-bond donors (Lipinski definition) is 1. The monoisotopic (exact) mass is 193 g/mol. The van der Waals surface area contributed by atoms with Crippen LogP contribution in [-0.2, 0) is 9.47 Å². The number of rotatable bonds is 5. The van der Waals surface area contributed by atoms with E-state index in [0.717, 1.165) is 6.54 Å². The Morgan fingerprint density at radius 1 is 1.08 bits per heavy atom. The van der Waals surface area contributed by atoms with Crippen LogP contribution >= 0.6 is 0 Å². The molecule has 0 aliphatic carbocycles. The van der Waals surface area contributed by atoms with Crippen molar-refractivity contribution >= 4 is 0 Å². The molecule has 0 saturated carbocycles. The Bertz CT molecular complexity index is 54.9. The molecule has 0 heterocycles. The topological polar surface area (TPSA) is 30.5 Å². The fourth-order valence-electron chi connectivity index (χ4n) is 0.624. The van der Waals surface area contributed by atoms with E-state index >= 15 is 0 Å². The molecule has 0 aliphatic rings. The minimum atomic E-state index is 0.181. The second kappa shape index (κ2) is 22.6. The zero-order valence-corrected chi connectivity index (χ0v) is 10.3. The molecule has 13 heavy (non-hydrogen) atoms. The van der Waals surface area contributed by atoms with Gasteiger partial charge in [-0.1, -0.05) is 27.7 Å². The lowest BCUT2D eigenvalue weighted by Gasteiger charge is -2.12. The summed E-state index contributed by atoms with van der Waals surface area (Å²) in [5, 5.41) is 3.00. The van der Waals surface area contributed by atoms with Crippen LogP contribution in [0.25, 0.3) is 0 Å². The molecule has 0 bridgehead atoms. The van der Waals surface area contributed by atoms with Crippen LogP contribution in [0.2, 0.25) is 0 Å². The SMILES string of the molecule is CC.CC.CNCC(COC)OC.